The molecule has 0 aliphatic rings. The van der Waals surface area contributed by atoms with Gasteiger partial charge in [0.25, 0.3) is 0 Å². The molecule has 0 aliphatic heterocycles. The minimum atomic E-state index is -0.243. The number of nitrogens with one attached hydrogen (secondary N) is 1. The van der Waals surface area contributed by atoms with Crippen LogP contribution in [0.25, 0.3) is 33.3 Å². The van der Waals surface area contributed by atoms with Crippen LogP contribution in [0.15, 0.2) is 67.3 Å². The minimum Gasteiger partial charge on any atom is -0.354 e. The Hall–Kier alpha value is -3.01. The highest BCUT2D eigenvalue weighted by Crippen LogP contribution is 2.37. The van der Waals surface area contributed by atoms with Gasteiger partial charge in [-0.1, -0.05) is 12.1 Å². The van der Waals surface area contributed by atoms with Crippen molar-refractivity contribution in [3.63, 3.8) is 0 Å². The second-order valence-electron chi connectivity index (χ2n) is 5.04. The van der Waals surface area contributed by atoms with Crippen LogP contribution in [0, 0.1) is 5.82 Å². The topological polar surface area (TPSA) is 41.6 Å². The van der Waals surface area contributed by atoms with E-state index < -0.39 is 0 Å². The molecule has 0 aliphatic carbocycles. The van der Waals surface area contributed by atoms with Crippen LogP contribution in [0.4, 0.5) is 4.39 Å². The maximum absolute atomic E-state index is 13.2. The minimum absolute atomic E-state index is 0.243. The van der Waals surface area contributed by atoms with E-state index in [9.17, 15) is 4.39 Å². The van der Waals surface area contributed by atoms with Crippen LogP contribution in [0.1, 0.15) is 0 Å². The van der Waals surface area contributed by atoms with Gasteiger partial charge in [-0.05, 0) is 35.9 Å². The monoisotopic (exact) mass is 289 g/mol. The Kier molecular flexibility index (Phi) is 2.93. The van der Waals surface area contributed by atoms with Gasteiger partial charge < -0.3 is 4.98 Å². The zero-order chi connectivity index (χ0) is 14.9. The Morgan fingerprint density at radius 1 is 0.773 bits per heavy atom. The van der Waals surface area contributed by atoms with E-state index in [4.69, 9.17) is 0 Å². The molecule has 1 N–H and O–H groups in total. The molecular weight excluding hydrogens is 277 g/mol. The van der Waals surface area contributed by atoms with Gasteiger partial charge in [0.15, 0.2) is 0 Å². The average Bonchev–Trinajstić information content (AvgIpc) is 2.96. The number of fused-ring (bicyclic) bond motifs is 1. The number of aromatic nitrogens is 3. The number of halogens is 1. The highest BCUT2D eigenvalue weighted by atomic mass is 19.1. The highest BCUT2D eigenvalue weighted by Gasteiger charge is 2.15. The third-order valence-electron chi connectivity index (χ3n) is 3.70. The molecule has 1 aromatic carbocycles. The van der Waals surface area contributed by atoms with Crippen molar-refractivity contribution in [3.05, 3.63) is 73.1 Å². The molecule has 4 rings (SSSR count). The molecule has 3 heterocycles. The fourth-order valence-corrected chi connectivity index (χ4v) is 2.69. The summed E-state index contributed by atoms with van der Waals surface area (Å²) in [6, 6.07) is 12.4. The van der Waals surface area contributed by atoms with Crippen LogP contribution in [-0.4, -0.2) is 15.0 Å². The quantitative estimate of drug-likeness (QED) is 0.593. The number of nitrogens with zero attached hydrogens (tertiary/aromatic N) is 2. The van der Waals surface area contributed by atoms with Crippen molar-refractivity contribution in [2.24, 2.45) is 0 Å². The predicted molar refractivity (Wildman–Crippen MR) is 84.7 cm³/mol. The maximum Gasteiger partial charge on any atom is 0.123 e. The van der Waals surface area contributed by atoms with Crippen molar-refractivity contribution in [1.82, 2.24) is 15.0 Å². The van der Waals surface area contributed by atoms with Crippen molar-refractivity contribution < 1.29 is 4.39 Å². The number of H-pyrrole nitrogens is 1. The lowest BCUT2D eigenvalue weighted by atomic mass is 9.99. The lowest BCUT2D eigenvalue weighted by Crippen LogP contribution is -1.84. The van der Waals surface area contributed by atoms with E-state index in [0.29, 0.717) is 0 Å². The van der Waals surface area contributed by atoms with Gasteiger partial charge in [0, 0.05) is 46.8 Å². The molecule has 0 fully saturated rings. The fraction of sp³-hybridized carbons (Fsp3) is 0. The number of benzene rings is 1. The van der Waals surface area contributed by atoms with Crippen molar-refractivity contribution in [3.8, 4) is 22.4 Å². The summed E-state index contributed by atoms with van der Waals surface area (Å²) in [5, 5.41) is 1.01. The normalized spacial score (nSPS) is 11.0. The first-order chi connectivity index (χ1) is 10.8. The van der Waals surface area contributed by atoms with Crippen molar-refractivity contribution in [1.29, 1.82) is 0 Å². The summed E-state index contributed by atoms with van der Waals surface area (Å²) in [4.78, 5) is 11.7. The number of hydrogen-bond acceptors (Lipinski definition) is 2. The fourth-order valence-electron chi connectivity index (χ4n) is 2.69. The van der Waals surface area contributed by atoms with E-state index in [1.165, 1.54) is 12.1 Å². The zero-order valence-corrected chi connectivity index (χ0v) is 11.6. The van der Waals surface area contributed by atoms with Gasteiger partial charge in [-0.25, -0.2) is 4.39 Å². The number of aromatic amines is 1. The van der Waals surface area contributed by atoms with Crippen molar-refractivity contribution in [2.75, 3.05) is 0 Å². The van der Waals surface area contributed by atoms with Gasteiger partial charge in [-0.2, -0.15) is 0 Å². The summed E-state index contributed by atoms with van der Waals surface area (Å²) >= 11 is 0. The van der Waals surface area contributed by atoms with Crippen LogP contribution in [-0.2, 0) is 0 Å². The van der Waals surface area contributed by atoms with E-state index in [2.05, 4.69) is 15.0 Å². The number of pyridine rings is 2. The molecule has 0 unspecified atom stereocenters. The van der Waals surface area contributed by atoms with Crippen LogP contribution < -0.4 is 0 Å². The van der Waals surface area contributed by atoms with Gasteiger partial charge in [-0.15, -0.1) is 0 Å². The van der Waals surface area contributed by atoms with E-state index in [1.54, 1.807) is 30.7 Å². The van der Waals surface area contributed by atoms with Gasteiger partial charge in [0.2, 0.25) is 0 Å². The van der Waals surface area contributed by atoms with Gasteiger partial charge >= 0.3 is 0 Å². The molecular formula is C18H12FN3. The lowest BCUT2D eigenvalue weighted by molar-refractivity contribution is 0.628. The lowest BCUT2D eigenvalue weighted by Gasteiger charge is -2.05. The molecule has 0 atom stereocenters. The Morgan fingerprint density at radius 3 is 2.27 bits per heavy atom. The third-order valence-corrected chi connectivity index (χ3v) is 3.70. The molecule has 0 saturated carbocycles. The molecule has 106 valence electrons. The zero-order valence-electron chi connectivity index (χ0n) is 11.6. The SMILES string of the molecule is Fc1ccc(-c2c(-c3ccncc3)[nH]c3ccncc23)cc1. The van der Waals surface area contributed by atoms with Crippen LogP contribution >= 0.6 is 0 Å². The second-order valence-corrected chi connectivity index (χ2v) is 5.04. The Labute approximate surface area is 126 Å². The van der Waals surface area contributed by atoms with Gasteiger partial charge in [0.1, 0.15) is 5.82 Å². The summed E-state index contributed by atoms with van der Waals surface area (Å²) in [7, 11) is 0. The molecule has 0 amide bonds. The second kappa shape index (κ2) is 5.07. The molecule has 0 spiro atoms. The van der Waals surface area contributed by atoms with Crippen LogP contribution in [0.3, 0.4) is 0 Å². The summed E-state index contributed by atoms with van der Waals surface area (Å²) in [6.07, 6.45) is 7.10. The standard InChI is InChI=1S/C18H12FN3/c19-14-3-1-12(2-4-14)17-15-11-21-10-7-16(15)22-18(17)13-5-8-20-9-6-13/h1-11,22H. The third kappa shape index (κ3) is 2.05. The van der Waals surface area contributed by atoms with E-state index in [0.717, 1.165) is 33.3 Å². The molecule has 4 aromatic rings. The molecule has 0 bridgehead atoms. The number of hydrogen-bond donors (Lipinski definition) is 1. The van der Waals surface area contributed by atoms with E-state index in [-0.39, 0.29) is 5.82 Å². The first-order valence-corrected chi connectivity index (χ1v) is 6.95. The summed E-state index contributed by atoms with van der Waals surface area (Å²) in [6.45, 7) is 0. The molecule has 0 saturated heterocycles. The highest BCUT2D eigenvalue weighted by molar-refractivity contribution is 6.03. The molecule has 3 aromatic heterocycles. The first kappa shape index (κ1) is 12.7. The maximum atomic E-state index is 13.2. The number of rotatable bonds is 2. The molecule has 0 radical (unpaired) electrons. The molecule has 4 heteroatoms. The van der Waals surface area contributed by atoms with E-state index in [1.807, 2.05) is 24.4 Å². The Balaban J connectivity index is 2.04. The Bertz CT molecular complexity index is 928. The van der Waals surface area contributed by atoms with Crippen LogP contribution in [0.2, 0.25) is 0 Å². The molecule has 22 heavy (non-hydrogen) atoms. The average molecular weight is 289 g/mol. The summed E-state index contributed by atoms with van der Waals surface area (Å²) < 4.78 is 13.2. The largest absolute Gasteiger partial charge is 0.354 e. The Morgan fingerprint density at radius 2 is 1.50 bits per heavy atom. The summed E-state index contributed by atoms with van der Waals surface area (Å²) in [5.41, 5.74) is 4.99. The van der Waals surface area contributed by atoms with Gasteiger partial charge in [-0.3, -0.25) is 9.97 Å². The molecule has 3 nitrogen and oxygen atoms in total. The van der Waals surface area contributed by atoms with Crippen molar-refractivity contribution >= 4 is 10.9 Å². The summed E-state index contributed by atoms with van der Waals surface area (Å²) in [5.74, 6) is -0.243. The van der Waals surface area contributed by atoms with Crippen LogP contribution in [0.5, 0.6) is 0 Å². The predicted octanol–water partition coefficient (Wildman–Crippen LogP) is 4.43. The smallest absolute Gasteiger partial charge is 0.123 e. The van der Waals surface area contributed by atoms with Crippen molar-refractivity contribution in [2.45, 2.75) is 0 Å². The van der Waals surface area contributed by atoms with E-state index >= 15 is 0 Å². The first-order valence-electron chi connectivity index (χ1n) is 6.95. The van der Waals surface area contributed by atoms with Gasteiger partial charge in [0.05, 0.1) is 5.69 Å².